The van der Waals surface area contributed by atoms with Crippen molar-refractivity contribution < 1.29 is 14.7 Å². The number of carboxylic acids is 1. The lowest BCUT2D eigenvalue weighted by Crippen LogP contribution is -2.25. The molecule has 0 saturated heterocycles. The van der Waals surface area contributed by atoms with Gasteiger partial charge in [0.1, 0.15) is 0 Å². The monoisotopic (exact) mass is 452 g/mol. The maximum Gasteiger partial charge on any atom is 0.337 e. The average Bonchev–Trinajstić information content (AvgIpc) is 3.65. The summed E-state index contributed by atoms with van der Waals surface area (Å²) in [5.41, 5.74) is 3.83. The summed E-state index contributed by atoms with van der Waals surface area (Å²) in [4.78, 5) is 37.9. The van der Waals surface area contributed by atoms with Gasteiger partial charge in [0.15, 0.2) is 0 Å². The molecule has 0 atom stereocenters. The van der Waals surface area contributed by atoms with Crippen molar-refractivity contribution in [2.45, 2.75) is 32.4 Å². The summed E-state index contributed by atoms with van der Waals surface area (Å²) in [5, 5.41) is 13.6. The van der Waals surface area contributed by atoms with Gasteiger partial charge in [-0.2, -0.15) is 0 Å². The summed E-state index contributed by atoms with van der Waals surface area (Å²) in [6, 6.07) is 20.4. The Morgan fingerprint density at radius 3 is 2.47 bits per heavy atom. The van der Waals surface area contributed by atoms with Gasteiger partial charge in [0.05, 0.1) is 12.1 Å². The largest absolute Gasteiger partial charge is 0.478 e. The van der Waals surface area contributed by atoms with Crippen LogP contribution in [-0.2, 0) is 6.54 Å². The lowest BCUT2D eigenvalue weighted by molar-refractivity contribution is 0.0697. The smallest absolute Gasteiger partial charge is 0.337 e. The molecule has 34 heavy (non-hydrogen) atoms. The highest BCUT2D eigenvalue weighted by molar-refractivity contribution is 6.04. The molecule has 4 aromatic rings. The van der Waals surface area contributed by atoms with Crippen molar-refractivity contribution in [1.82, 2.24) is 9.88 Å². The Morgan fingerprint density at radius 2 is 1.76 bits per heavy atom. The lowest BCUT2D eigenvalue weighted by Gasteiger charge is -2.13. The van der Waals surface area contributed by atoms with E-state index in [1.165, 1.54) is 10.8 Å². The predicted molar refractivity (Wildman–Crippen MR) is 131 cm³/mol. The van der Waals surface area contributed by atoms with Gasteiger partial charge in [0, 0.05) is 28.6 Å². The zero-order valence-electron chi connectivity index (χ0n) is 18.7. The predicted octanol–water partition coefficient (Wildman–Crippen LogP) is 4.62. The molecule has 170 valence electrons. The number of carboxylic acid groups (broad SMARTS) is 1. The molecule has 6 heteroatoms. The second-order valence-corrected chi connectivity index (χ2v) is 8.80. The van der Waals surface area contributed by atoms with E-state index in [1.54, 1.807) is 18.2 Å². The van der Waals surface area contributed by atoms with Crippen LogP contribution in [0.2, 0.25) is 0 Å². The van der Waals surface area contributed by atoms with E-state index in [2.05, 4.69) is 5.32 Å². The minimum atomic E-state index is -1.10. The standard InChI is InChI=1S/C28H24N2O4/c1-17-7-8-20(26(31)29-21-10-11-21)14-23(17)19-9-12-22-24(13-19)25(28(33)34)16-30(27(22)32)15-18-5-3-2-4-6-18/h2-9,12-14,16,21H,10-11,15H2,1H3,(H,29,31)(H,33,34). The second-order valence-electron chi connectivity index (χ2n) is 8.80. The number of hydrogen-bond donors (Lipinski definition) is 2. The summed E-state index contributed by atoms with van der Waals surface area (Å²) in [6.07, 6.45) is 3.43. The first-order chi connectivity index (χ1) is 16.4. The fourth-order valence-corrected chi connectivity index (χ4v) is 4.20. The number of carbonyl (C=O) groups excluding carboxylic acids is 1. The van der Waals surface area contributed by atoms with Crippen LogP contribution in [0.5, 0.6) is 0 Å². The molecule has 6 nitrogen and oxygen atoms in total. The van der Waals surface area contributed by atoms with Gasteiger partial charge >= 0.3 is 5.97 Å². The topological polar surface area (TPSA) is 88.4 Å². The van der Waals surface area contributed by atoms with Crippen LogP contribution >= 0.6 is 0 Å². The highest BCUT2D eigenvalue weighted by atomic mass is 16.4. The number of rotatable bonds is 6. The van der Waals surface area contributed by atoms with Gasteiger partial charge in [0.25, 0.3) is 11.5 Å². The van der Waals surface area contributed by atoms with Crippen LogP contribution < -0.4 is 10.9 Å². The SMILES string of the molecule is Cc1ccc(C(=O)NC2CC2)cc1-c1ccc2c(=O)n(Cc3ccccc3)cc(C(=O)O)c2c1. The van der Waals surface area contributed by atoms with Crippen molar-refractivity contribution in [2.24, 2.45) is 0 Å². The number of carbonyl (C=O) groups is 2. The van der Waals surface area contributed by atoms with Crippen molar-refractivity contribution in [2.75, 3.05) is 0 Å². The Bertz CT molecular complexity index is 1480. The zero-order chi connectivity index (χ0) is 23.8. The number of fused-ring (bicyclic) bond motifs is 1. The van der Waals surface area contributed by atoms with E-state index in [0.717, 1.165) is 35.1 Å². The van der Waals surface area contributed by atoms with E-state index >= 15 is 0 Å². The van der Waals surface area contributed by atoms with Gasteiger partial charge in [-0.25, -0.2) is 4.79 Å². The molecule has 0 unspecified atom stereocenters. The number of benzene rings is 3. The summed E-state index contributed by atoms with van der Waals surface area (Å²) >= 11 is 0. The van der Waals surface area contributed by atoms with Gasteiger partial charge in [-0.15, -0.1) is 0 Å². The van der Waals surface area contributed by atoms with E-state index < -0.39 is 5.97 Å². The Morgan fingerprint density at radius 1 is 1.00 bits per heavy atom. The molecule has 1 aliphatic carbocycles. The molecule has 1 aromatic heterocycles. The molecular weight excluding hydrogens is 428 g/mol. The molecule has 5 rings (SSSR count). The van der Waals surface area contributed by atoms with Gasteiger partial charge in [-0.3, -0.25) is 9.59 Å². The summed E-state index contributed by atoms with van der Waals surface area (Å²) in [7, 11) is 0. The van der Waals surface area contributed by atoms with E-state index in [0.29, 0.717) is 16.3 Å². The Hall–Kier alpha value is -4.19. The maximum atomic E-state index is 13.2. The molecule has 1 amide bonds. The number of aromatic nitrogens is 1. The van der Waals surface area contributed by atoms with E-state index in [4.69, 9.17) is 0 Å². The van der Waals surface area contributed by atoms with Crippen LogP contribution in [-0.4, -0.2) is 27.6 Å². The molecule has 2 N–H and O–H groups in total. The lowest BCUT2D eigenvalue weighted by atomic mass is 9.95. The quantitative estimate of drug-likeness (QED) is 0.447. The van der Waals surface area contributed by atoms with Crippen LogP contribution in [0.25, 0.3) is 21.9 Å². The van der Waals surface area contributed by atoms with Gasteiger partial charge < -0.3 is 15.0 Å². The van der Waals surface area contributed by atoms with Gasteiger partial charge in [-0.1, -0.05) is 42.5 Å². The molecule has 1 fully saturated rings. The van der Waals surface area contributed by atoms with E-state index in [9.17, 15) is 19.5 Å². The minimum absolute atomic E-state index is 0.0627. The summed E-state index contributed by atoms with van der Waals surface area (Å²) < 4.78 is 1.44. The van der Waals surface area contributed by atoms with Crippen LogP contribution in [0.3, 0.4) is 0 Å². The van der Waals surface area contributed by atoms with E-state index in [1.807, 2.05) is 55.5 Å². The maximum absolute atomic E-state index is 13.2. The normalized spacial score (nSPS) is 13.1. The van der Waals surface area contributed by atoms with Crippen LogP contribution in [0.15, 0.2) is 77.7 Å². The molecule has 0 radical (unpaired) electrons. The summed E-state index contributed by atoms with van der Waals surface area (Å²) in [6.45, 7) is 2.23. The van der Waals surface area contributed by atoms with E-state index in [-0.39, 0.29) is 29.6 Å². The first-order valence-electron chi connectivity index (χ1n) is 11.3. The third kappa shape index (κ3) is 4.22. The summed E-state index contributed by atoms with van der Waals surface area (Å²) in [5.74, 6) is -1.21. The van der Waals surface area contributed by atoms with Crippen molar-refractivity contribution in [3.05, 3.63) is 106 Å². The number of aromatic carboxylic acids is 1. The second kappa shape index (κ2) is 8.63. The van der Waals surface area contributed by atoms with Crippen molar-refractivity contribution >= 4 is 22.6 Å². The zero-order valence-corrected chi connectivity index (χ0v) is 18.7. The first kappa shape index (κ1) is 21.6. The number of amides is 1. The van der Waals surface area contributed by atoms with Crippen molar-refractivity contribution in [3.63, 3.8) is 0 Å². The third-order valence-electron chi connectivity index (χ3n) is 6.24. The van der Waals surface area contributed by atoms with Crippen molar-refractivity contribution in [3.8, 4) is 11.1 Å². The van der Waals surface area contributed by atoms with Crippen LogP contribution in [0.1, 0.15) is 44.7 Å². The highest BCUT2D eigenvalue weighted by Gasteiger charge is 2.24. The number of pyridine rings is 1. The van der Waals surface area contributed by atoms with Gasteiger partial charge in [0.2, 0.25) is 0 Å². The highest BCUT2D eigenvalue weighted by Crippen LogP contribution is 2.29. The first-order valence-corrected chi connectivity index (χ1v) is 11.3. The minimum Gasteiger partial charge on any atom is -0.478 e. The molecule has 0 bridgehead atoms. The number of hydrogen-bond acceptors (Lipinski definition) is 3. The number of aryl methyl sites for hydroxylation is 1. The molecule has 3 aromatic carbocycles. The van der Waals surface area contributed by atoms with Gasteiger partial charge in [-0.05, 0) is 66.3 Å². The number of nitrogens with zero attached hydrogens (tertiary/aromatic N) is 1. The molecule has 0 spiro atoms. The molecular formula is C28H24N2O4. The van der Waals surface area contributed by atoms with Crippen molar-refractivity contribution in [1.29, 1.82) is 0 Å². The number of nitrogens with one attached hydrogen (secondary N) is 1. The van der Waals surface area contributed by atoms with Crippen LogP contribution in [0.4, 0.5) is 0 Å². The van der Waals surface area contributed by atoms with Crippen LogP contribution in [0, 0.1) is 6.92 Å². The fraction of sp³-hybridized carbons (Fsp3) is 0.179. The Labute approximate surface area is 196 Å². The molecule has 0 aliphatic heterocycles. The molecule has 1 aliphatic rings. The average molecular weight is 453 g/mol. The molecule has 1 saturated carbocycles. The Kier molecular flexibility index (Phi) is 5.49. The Balaban J connectivity index is 1.60. The third-order valence-corrected chi connectivity index (χ3v) is 6.24. The molecule has 1 heterocycles. The fourth-order valence-electron chi connectivity index (χ4n) is 4.20.